The number of anilines is 1. The molecule has 1 amide bonds. The zero-order chi connectivity index (χ0) is 17.7. The summed E-state index contributed by atoms with van der Waals surface area (Å²) < 4.78 is 33.3. The van der Waals surface area contributed by atoms with Gasteiger partial charge in [-0.15, -0.1) is 0 Å². The number of thioether (sulfide) groups is 1. The second kappa shape index (κ2) is 8.25. The quantitative estimate of drug-likeness (QED) is 0.775. The van der Waals surface area contributed by atoms with E-state index < -0.39 is 11.6 Å². The van der Waals surface area contributed by atoms with Crippen molar-refractivity contribution in [2.45, 2.75) is 25.5 Å². The number of halogens is 2. The van der Waals surface area contributed by atoms with Crippen molar-refractivity contribution in [1.82, 2.24) is 9.55 Å². The number of imidazole rings is 1. The highest BCUT2D eigenvalue weighted by molar-refractivity contribution is 7.99. The van der Waals surface area contributed by atoms with E-state index in [0.29, 0.717) is 18.3 Å². The van der Waals surface area contributed by atoms with Gasteiger partial charge in [0.25, 0.3) is 0 Å². The largest absolute Gasteiger partial charge is 0.383 e. The number of methoxy groups -OCH3 is 1. The lowest BCUT2D eigenvalue weighted by Gasteiger charge is -2.09. The predicted molar refractivity (Wildman–Crippen MR) is 89.3 cm³/mol. The first kappa shape index (κ1) is 18.4. The van der Waals surface area contributed by atoms with Crippen LogP contribution in [-0.2, 0) is 16.1 Å². The molecular weight excluding hydrogens is 336 g/mol. The van der Waals surface area contributed by atoms with Crippen LogP contribution in [0.1, 0.15) is 11.4 Å². The van der Waals surface area contributed by atoms with Gasteiger partial charge in [-0.1, -0.05) is 11.8 Å². The van der Waals surface area contributed by atoms with Crippen LogP contribution >= 0.6 is 11.8 Å². The van der Waals surface area contributed by atoms with Crippen LogP contribution in [0, 0.1) is 25.5 Å². The molecule has 0 saturated carbocycles. The second-order valence-corrected chi connectivity index (χ2v) is 6.15. The van der Waals surface area contributed by atoms with Gasteiger partial charge in [0, 0.05) is 31.1 Å². The van der Waals surface area contributed by atoms with Crippen molar-refractivity contribution in [3.63, 3.8) is 0 Å². The van der Waals surface area contributed by atoms with E-state index in [1.54, 1.807) is 7.11 Å². The van der Waals surface area contributed by atoms with Gasteiger partial charge in [0.15, 0.2) is 5.16 Å². The molecule has 2 aromatic rings. The van der Waals surface area contributed by atoms with Crippen molar-refractivity contribution in [2.75, 3.05) is 24.8 Å². The number of benzene rings is 1. The van der Waals surface area contributed by atoms with Crippen LogP contribution in [-0.4, -0.2) is 34.9 Å². The fourth-order valence-electron chi connectivity index (χ4n) is 2.13. The first-order chi connectivity index (χ1) is 11.4. The minimum Gasteiger partial charge on any atom is -0.383 e. The van der Waals surface area contributed by atoms with Gasteiger partial charge in [0.2, 0.25) is 5.91 Å². The number of hydrogen-bond acceptors (Lipinski definition) is 4. The third kappa shape index (κ3) is 4.78. The Hall–Kier alpha value is -1.93. The Morgan fingerprint density at radius 3 is 2.58 bits per heavy atom. The van der Waals surface area contributed by atoms with E-state index in [9.17, 15) is 13.6 Å². The summed E-state index contributed by atoms with van der Waals surface area (Å²) in [5.74, 6) is -1.75. The molecule has 0 aliphatic carbocycles. The molecule has 0 spiro atoms. The van der Waals surface area contributed by atoms with Crippen LogP contribution in [0.5, 0.6) is 0 Å². The van der Waals surface area contributed by atoms with E-state index in [2.05, 4.69) is 10.3 Å². The van der Waals surface area contributed by atoms with E-state index in [1.807, 2.05) is 18.4 Å². The van der Waals surface area contributed by atoms with Crippen molar-refractivity contribution >= 4 is 23.4 Å². The number of ether oxygens (including phenoxy) is 1. The number of amides is 1. The van der Waals surface area contributed by atoms with Gasteiger partial charge < -0.3 is 14.6 Å². The summed E-state index contributed by atoms with van der Waals surface area (Å²) in [7, 11) is 1.62. The summed E-state index contributed by atoms with van der Waals surface area (Å²) in [6, 6.07) is 2.89. The van der Waals surface area contributed by atoms with Crippen LogP contribution in [0.2, 0.25) is 0 Å². The Morgan fingerprint density at radius 1 is 1.29 bits per heavy atom. The van der Waals surface area contributed by atoms with Gasteiger partial charge in [-0.2, -0.15) is 0 Å². The SMILES string of the molecule is COCCn1c(SCC(=O)Nc2cc(F)cc(F)c2)nc(C)c1C. The summed E-state index contributed by atoms with van der Waals surface area (Å²) in [6.07, 6.45) is 0. The predicted octanol–water partition coefficient (Wildman–Crippen LogP) is 3.16. The van der Waals surface area contributed by atoms with E-state index in [0.717, 1.165) is 29.6 Å². The fourth-order valence-corrected chi connectivity index (χ4v) is 3.05. The zero-order valence-corrected chi connectivity index (χ0v) is 14.5. The van der Waals surface area contributed by atoms with Gasteiger partial charge in [-0.25, -0.2) is 13.8 Å². The molecule has 0 fully saturated rings. The van der Waals surface area contributed by atoms with E-state index >= 15 is 0 Å². The van der Waals surface area contributed by atoms with Crippen molar-refractivity contribution in [3.05, 3.63) is 41.2 Å². The Balaban J connectivity index is 2.00. The molecule has 1 N–H and O–H groups in total. The molecule has 0 aliphatic heterocycles. The molecule has 2 rings (SSSR count). The molecule has 24 heavy (non-hydrogen) atoms. The highest BCUT2D eigenvalue weighted by Gasteiger charge is 2.13. The molecule has 0 radical (unpaired) electrons. The van der Waals surface area contributed by atoms with Crippen LogP contribution in [0.4, 0.5) is 14.5 Å². The van der Waals surface area contributed by atoms with Gasteiger partial charge in [-0.3, -0.25) is 4.79 Å². The number of carbonyl (C=O) groups is 1. The lowest BCUT2D eigenvalue weighted by Crippen LogP contribution is -2.15. The topological polar surface area (TPSA) is 56.1 Å². The lowest BCUT2D eigenvalue weighted by molar-refractivity contribution is -0.113. The van der Waals surface area contributed by atoms with E-state index in [-0.39, 0.29) is 17.3 Å². The van der Waals surface area contributed by atoms with E-state index in [4.69, 9.17) is 4.74 Å². The molecule has 1 aromatic carbocycles. The minimum absolute atomic E-state index is 0.0843. The molecule has 130 valence electrons. The van der Waals surface area contributed by atoms with Crippen molar-refractivity contribution in [3.8, 4) is 0 Å². The molecular formula is C16H19F2N3O2S. The normalized spacial score (nSPS) is 10.9. The molecule has 8 heteroatoms. The third-order valence-electron chi connectivity index (χ3n) is 3.42. The van der Waals surface area contributed by atoms with Gasteiger partial charge >= 0.3 is 0 Å². The Kier molecular flexibility index (Phi) is 6.33. The number of nitrogens with one attached hydrogen (secondary N) is 1. The Bertz CT molecular complexity index is 714. The van der Waals surface area contributed by atoms with Gasteiger partial charge in [0.1, 0.15) is 11.6 Å². The summed E-state index contributed by atoms with van der Waals surface area (Å²) in [5.41, 5.74) is 2.00. The Morgan fingerprint density at radius 2 is 1.96 bits per heavy atom. The third-order valence-corrected chi connectivity index (χ3v) is 4.40. The molecule has 0 aliphatic rings. The number of rotatable bonds is 7. The summed E-state index contributed by atoms with van der Waals surface area (Å²) in [5, 5.41) is 3.19. The van der Waals surface area contributed by atoms with Crippen molar-refractivity contribution in [1.29, 1.82) is 0 Å². The molecule has 0 atom stereocenters. The smallest absolute Gasteiger partial charge is 0.234 e. The molecule has 5 nitrogen and oxygen atoms in total. The summed E-state index contributed by atoms with van der Waals surface area (Å²) >= 11 is 1.26. The standard InChI is InChI=1S/C16H19F2N3O2S/c1-10-11(2)21(4-5-23-3)16(19-10)24-9-15(22)20-14-7-12(17)6-13(18)8-14/h6-8H,4-5,9H2,1-3H3,(H,20,22). The number of carbonyl (C=O) groups excluding carboxylic acids is 1. The molecule has 1 aromatic heterocycles. The average molecular weight is 355 g/mol. The zero-order valence-electron chi connectivity index (χ0n) is 13.7. The second-order valence-electron chi connectivity index (χ2n) is 5.20. The van der Waals surface area contributed by atoms with Crippen LogP contribution in [0.25, 0.3) is 0 Å². The number of nitrogens with zero attached hydrogens (tertiary/aromatic N) is 2. The monoisotopic (exact) mass is 355 g/mol. The first-order valence-electron chi connectivity index (χ1n) is 7.32. The van der Waals surface area contributed by atoms with Crippen LogP contribution < -0.4 is 5.32 Å². The van der Waals surface area contributed by atoms with E-state index in [1.165, 1.54) is 11.8 Å². The molecule has 0 saturated heterocycles. The van der Waals surface area contributed by atoms with Crippen LogP contribution in [0.3, 0.4) is 0 Å². The molecule has 0 bridgehead atoms. The average Bonchev–Trinajstić information content (AvgIpc) is 2.77. The van der Waals surface area contributed by atoms with Crippen molar-refractivity contribution < 1.29 is 18.3 Å². The van der Waals surface area contributed by atoms with Crippen molar-refractivity contribution in [2.24, 2.45) is 0 Å². The molecule has 0 unspecified atom stereocenters. The Labute approximate surface area is 143 Å². The lowest BCUT2D eigenvalue weighted by atomic mass is 10.3. The maximum atomic E-state index is 13.1. The summed E-state index contributed by atoms with van der Waals surface area (Å²) in [4.78, 5) is 16.4. The molecule has 1 heterocycles. The highest BCUT2D eigenvalue weighted by Crippen LogP contribution is 2.21. The van der Waals surface area contributed by atoms with Gasteiger partial charge in [0.05, 0.1) is 18.1 Å². The van der Waals surface area contributed by atoms with Gasteiger partial charge in [-0.05, 0) is 26.0 Å². The number of hydrogen-bond donors (Lipinski definition) is 1. The maximum Gasteiger partial charge on any atom is 0.234 e. The van der Waals surface area contributed by atoms with Crippen LogP contribution in [0.15, 0.2) is 23.4 Å². The fraction of sp³-hybridized carbons (Fsp3) is 0.375. The minimum atomic E-state index is -0.737. The summed E-state index contributed by atoms with van der Waals surface area (Å²) in [6.45, 7) is 5.04. The first-order valence-corrected chi connectivity index (χ1v) is 8.30. The highest BCUT2D eigenvalue weighted by atomic mass is 32.2. The maximum absolute atomic E-state index is 13.1. The number of aryl methyl sites for hydroxylation is 1. The number of aromatic nitrogens is 2.